The second-order valence-electron chi connectivity index (χ2n) is 8.90. The summed E-state index contributed by atoms with van der Waals surface area (Å²) in [5, 5.41) is 0. The summed E-state index contributed by atoms with van der Waals surface area (Å²) < 4.78 is 19.7. The van der Waals surface area contributed by atoms with Gasteiger partial charge in [-0.1, -0.05) is 42.5 Å². The van der Waals surface area contributed by atoms with Crippen LogP contribution in [0, 0.1) is 5.82 Å². The van der Waals surface area contributed by atoms with Gasteiger partial charge in [-0.2, -0.15) is 0 Å². The molecule has 1 aromatic heterocycles. The maximum Gasteiger partial charge on any atom is 0.275 e. The third kappa shape index (κ3) is 5.29. The number of halogens is 1. The number of oxazole rings is 1. The maximum atomic E-state index is 14.1. The number of hydrogen-bond donors (Lipinski definition) is 0. The van der Waals surface area contributed by atoms with Crippen LogP contribution < -0.4 is 4.90 Å². The number of para-hydroxylation sites is 1. The number of hydrogen-bond acceptors (Lipinski definition) is 6. The zero-order chi connectivity index (χ0) is 23.3. The SMILES string of the molecule is O=C(c1coc(CN2CCN(c3ccccc3F)CC2)n1)N1CCN(Cc2ccccc2)CC1. The number of rotatable bonds is 6. The van der Waals surface area contributed by atoms with Crippen molar-refractivity contribution < 1.29 is 13.6 Å². The number of nitrogens with zero attached hydrogens (tertiary/aromatic N) is 5. The lowest BCUT2D eigenvalue weighted by atomic mass is 10.2. The number of anilines is 1. The number of carbonyl (C=O) groups is 1. The molecule has 7 nitrogen and oxygen atoms in total. The molecule has 0 aliphatic carbocycles. The summed E-state index contributed by atoms with van der Waals surface area (Å²) in [7, 11) is 0. The van der Waals surface area contributed by atoms with Crippen molar-refractivity contribution in [3.8, 4) is 0 Å². The van der Waals surface area contributed by atoms with Crippen molar-refractivity contribution in [2.45, 2.75) is 13.1 Å². The highest BCUT2D eigenvalue weighted by atomic mass is 19.1. The molecule has 0 atom stereocenters. The fourth-order valence-electron chi connectivity index (χ4n) is 4.64. The van der Waals surface area contributed by atoms with Crippen LogP contribution in [0.4, 0.5) is 10.1 Å². The summed E-state index contributed by atoms with van der Waals surface area (Å²) in [5.41, 5.74) is 2.31. The van der Waals surface area contributed by atoms with Crippen LogP contribution in [0.3, 0.4) is 0 Å². The summed E-state index contributed by atoms with van der Waals surface area (Å²) in [6.07, 6.45) is 1.48. The van der Waals surface area contributed by atoms with E-state index in [0.717, 1.165) is 45.8 Å². The quantitative estimate of drug-likeness (QED) is 0.560. The zero-order valence-corrected chi connectivity index (χ0v) is 19.3. The second kappa shape index (κ2) is 10.4. The van der Waals surface area contributed by atoms with Crippen molar-refractivity contribution in [3.63, 3.8) is 0 Å². The van der Waals surface area contributed by atoms with Crippen LogP contribution in [0.15, 0.2) is 65.3 Å². The molecule has 178 valence electrons. The average molecular weight is 464 g/mol. The second-order valence-corrected chi connectivity index (χ2v) is 8.90. The van der Waals surface area contributed by atoms with Crippen LogP contribution in [0.5, 0.6) is 0 Å². The fourth-order valence-corrected chi connectivity index (χ4v) is 4.64. The van der Waals surface area contributed by atoms with E-state index in [9.17, 15) is 9.18 Å². The Balaban J connectivity index is 1.09. The first-order chi connectivity index (χ1) is 16.7. The van der Waals surface area contributed by atoms with Crippen molar-refractivity contribution in [2.75, 3.05) is 57.3 Å². The Bertz CT molecular complexity index is 1090. The molecule has 0 N–H and O–H groups in total. The van der Waals surface area contributed by atoms with E-state index >= 15 is 0 Å². The van der Waals surface area contributed by atoms with Crippen molar-refractivity contribution >= 4 is 11.6 Å². The Morgan fingerprint density at radius 1 is 0.824 bits per heavy atom. The molecular formula is C26H30FN5O2. The van der Waals surface area contributed by atoms with Gasteiger partial charge in [-0.3, -0.25) is 14.6 Å². The first-order valence-corrected chi connectivity index (χ1v) is 11.9. The third-order valence-corrected chi connectivity index (χ3v) is 6.60. The van der Waals surface area contributed by atoms with Gasteiger partial charge < -0.3 is 14.2 Å². The van der Waals surface area contributed by atoms with Gasteiger partial charge in [0.25, 0.3) is 5.91 Å². The molecule has 1 amide bonds. The summed E-state index contributed by atoms with van der Waals surface area (Å²) in [5.74, 6) is 0.289. The van der Waals surface area contributed by atoms with Gasteiger partial charge in [0.1, 0.15) is 12.1 Å². The van der Waals surface area contributed by atoms with E-state index in [0.29, 0.717) is 36.9 Å². The number of carbonyl (C=O) groups excluding carboxylic acids is 1. The molecule has 0 radical (unpaired) electrons. The van der Waals surface area contributed by atoms with E-state index in [1.54, 1.807) is 6.07 Å². The highest BCUT2D eigenvalue weighted by molar-refractivity contribution is 5.92. The Morgan fingerprint density at radius 3 is 2.21 bits per heavy atom. The van der Waals surface area contributed by atoms with Crippen molar-refractivity contribution in [3.05, 3.63) is 83.8 Å². The normalized spacial score (nSPS) is 17.8. The molecule has 2 fully saturated rings. The Hall–Kier alpha value is -3.23. The molecule has 34 heavy (non-hydrogen) atoms. The van der Waals surface area contributed by atoms with Gasteiger partial charge in [-0.05, 0) is 17.7 Å². The van der Waals surface area contributed by atoms with E-state index < -0.39 is 0 Å². The number of amides is 1. The van der Waals surface area contributed by atoms with Gasteiger partial charge >= 0.3 is 0 Å². The van der Waals surface area contributed by atoms with Crippen LogP contribution in [-0.2, 0) is 13.1 Å². The van der Waals surface area contributed by atoms with E-state index in [4.69, 9.17) is 4.42 Å². The number of piperazine rings is 2. The van der Waals surface area contributed by atoms with E-state index in [1.807, 2.05) is 23.1 Å². The highest BCUT2D eigenvalue weighted by Gasteiger charge is 2.26. The molecular weight excluding hydrogens is 433 g/mol. The fraction of sp³-hybridized carbons (Fsp3) is 0.385. The predicted molar refractivity (Wildman–Crippen MR) is 128 cm³/mol. The first-order valence-electron chi connectivity index (χ1n) is 11.9. The first kappa shape index (κ1) is 22.6. The number of aromatic nitrogens is 1. The van der Waals surface area contributed by atoms with E-state index in [2.05, 4.69) is 43.9 Å². The molecule has 0 bridgehead atoms. The van der Waals surface area contributed by atoms with Gasteiger partial charge in [0, 0.05) is 58.9 Å². The molecule has 0 saturated carbocycles. The van der Waals surface area contributed by atoms with Gasteiger partial charge in [0.15, 0.2) is 5.69 Å². The lowest BCUT2D eigenvalue weighted by molar-refractivity contribution is 0.0622. The largest absolute Gasteiger partial charge is 0.447 e. The molecule has 2 aromatic carbocycles. The molecule has 8 heteroatoms. The summed E-state index contributed by atoms with van der Waals surface area (Å²) in [6.45, 7) is 7.55. The molecule has 0 unspecified atom stereocenters. The van der Waals surface area contributed by atoms with Crippen molar-refractivity contribution in [2.24, 2.45) is 0 Å². The summed E-state index contributed by atoms with van der Waals surface area (Å²) >= 11 is 0. The maximum absolute atomic E-state index is 14.1. The third-order valence-electron chi connectivity index (χ3n) is 6.60. The zero-order valence-electron chi connectivity index (χ0n) is 19.3. The Labute approximate surface area is 199 Å². The van der Waals surface area contributed by atoms with E-state index in [-0.39, 0.29) is 11.7 Å². The van der Waals surface area contributed by atoms with Crippen LogP contribution in [0.25, 0.3) is 0 Å². The molecule has 3 aromatic rings. The minimum Gasteiger partial charge on any atom is -0.447 e. The van der Waals surface area contributed by atoms with Crippen molar-refractivity contribution in [1.29, 1.82) is 0 Å². The summed E-state index contributed by atoms with van der Waals surface area (Å²) in [6, 6.07) is 17.3. The highest BCUT2D eigenvalue weighted by Crippen LogP contribution is 2.21. The van der Waals surface area contributed by atoms with Gasteiger partial charge in [0.05, 0.1) is 12.2 Å². The molecule has 5 rings (SSSR count). The average Bonchev–Trinajstić information content (AvgIpc) is 3.34. The van der Waals surface area contributed by atoms with Crippen LogP contribution in [0.2, 0.25) is 0 Å². The van der Waals surface area contributed by atoms with Gasteiger partial charge in [0.2, 0.25) is 5.89 Å². The smallest absolute Gasteiger partial charge is 0.275 e. The molecule has 2 aliphatic rings. The van der Waals surface area contributed by atoms with Crippen LogP contribution in [0.1, 0.15) is 21.9 Å². The number of benzene rings is 2. The minimum absolute atomic E-state index is 0.0706. The Morgan fingerprint density at radius 2 is 1.47 bits per heavy atom. The topological polar surface area (TPSA) is 56.1 Å². The minimum atomic E-state index is -0.187. The standard InChI is InChI=1S/C26H30FN5O2/c27-22-8-4-5-9-24(22)31-14-10-30(11-15-31)19-25-28-23(20-34-25)26(33)32-16-12-29(13-17-32)18-21-6-2-1-3-7-21/h1-9,20H,10-19H2. The molecule has 3 heterocycles. The van der Waals surface area contributed by atoms with Crippen LogP contribution in [-0.4, -0.2) is 77.9 Å². The van der Waals surface area contributed by atoms with Crippen molar-refractivity contribution in [1.82, 2.24) is 19.7 Å². The molecule has 0 spiro atoms. The summed E-state index contributed by atoms with van der Waals surface area (Å²) in [4.78, 5) is 25.9. The van der Waals surface area contributed by atoms with E-state index in [1.165, 1.54) is 17.9 Å². The van der Waals surface area contributed by atoms with Gasteiger partial charge in [-0.25, -0.2) is 9.37 Å². The molecule has 2 aliphatic heterocycles. The predicted octanol–water partition coefficient (Wildman–Crippen LogP) is 3.09. The molecule has 2 saturated heterocycles. The van der Waals surface area contributed by atoms with Gasteiger partial charge in [-0.15, -0.1) is 0 Å². The Kier molecular flexibility index (Phi) is 6.87. The lowest BCUT2D eigenvalue weighted by Gasteiger charge is -2.35. The monoisotopic (exact) mass is 463 g/mol. The van der Waals surface area contributed by atoms with Crippen LogP contribution >= 0.6 is 0 Å². The lowest BCUT2D eigenvalue weighted by Crippen LogP contribution is -2.48.